The molecule has 4 amide bonds. The standard InChI is InChI=1S/C18H11BrN2O5/c19-11-2-4-12(5-3-11)21-17(23)13(16(22)20-18(21)24)7-10-1-6-14-15(8-10)26-9-25-14/h1-8H,9H2,(H,20,22,24)/b13-7-. The summed E-state index contributed by atoms with van der Waals surface area (Å²) in [5.74, 6) is -0.313. The molecule has 4 rings (SSSR count). The van der Waals surface area contributed by atoms with Gasteiger partial charge in [0.1, 0.15) is 5.57 Å². The molecule has 1 N–H and O–H groups in total. The quantitative estimate of drug-likeness (QED) is 0.603. The van der Waals surface area contributed by atoms with E-state index in [9.17, 15) is 14.4 Å². The SMILES string of the molecule is O=C1NC(=O)N(c2ccc(Br)cc2)C(=O)/C1=C\c1ccc2c(c1)OCO2. The number of barbiturate groups is 1. The van der Waals surface area contributed by atoms with Gasteiger partial charge in [0.15, 0.2) is 11.5 Å². The lowest BCUT2D eigenvalue weighted by Crippen LogP contribution is -2.54. The summed E-state index contributed by atoms with van der Waals surface area (Å²) in [6.07, 6.45) is 1.41. The van der Waals surface area contributed by atoms with E-state index in [1.54, 1.807) is 42.5 Å². The van der Waals surface area contributed by atoms with E-state index >= 15 is 0 Å². The highest BCUT2D eigenvalue weighted by Gasteiger charge is 2.36. The molecule has 7 nitrogen and oxygen atoms in total. The van der Waals surface area contributed by atoms with Gasteiger partial charge in [0.05, 0.1) is 5.69 Å². The summed E-state index contributed by atoms with van der Waals surface area (Å²) in [5.41, 5.74) is 0.795. The number of amides is 4. The molecule has 0 atom stereocenters. The van der Waals surface area contributed by atoms with Crippen molar-refractivity contribution in [3.05, 3.63) is 58.1 Å². The normalized spacial score (nSPS) is 17.7. The van der Waals surface area contributed by atoms with Crippen molar-refractivity contribution < 1.29 is 23.9 Å². The van der Waals surface area contributed by atoms with Crippen molar-refractivity contribution in [3.8, 4) is 11.5 Å². The number of anilines is 1. The molecular weight excluding hydrogens is 404 g/mol. The molecule has 8 heteroatoms. The molecule has 1 fully saturated rings. The number of hydrogen-bond acceptors (Lipinski definition) is 5. The maximum absolute atomic E-state index is 12.8. The van der Waals surface area contributed by atoms with Crippen molar-refractivity contribution >= 4 is 45.5 Å². The number of ether oxygens (including phenoxy) is 2. The number of nitrogens with zero attached hydrogens (tertiary/aromatic N) is 1. The lowest BCUT2D eigenvalue weighted by molar-refractivity contribution is -0.122. The van der Waals surface area contributed by atoms with Gasteiger partial charge < -0.3 is 9.47 Å². The van der Waals surface area contributed by atoms with Crippen molar-refractivity contribution in [3.63, 3.8) is 0 Å². The van der Waals surface area contributed by atoms with Crippen LogP contribution in [0.25, 0.3) is 6.08 Å². The summed E-state index contributed by atoms with van der Waals surface area (Å²) in [7, 11) is 0. The molecule has 0 aromatic heterocycles. The highest BCUT2D eigenvalue weighted by Crippen LogP contribution is 2.33. The summed E-state index contributed by atoms with van der Waals surface area (Å²) in [6.45, 7) is 0.126. The van der Waals surface area contributed by atoms with Crippen LogP contribution in [0, 0.1) is 0 Å². The number of carbonyl (C=O) groups excluding carboxylic acids is 3. The second kappa shape index (κ2) is 6.30. The van der Waals surface area contributed by atoms with E-state index in [0.29, 0.717) is 22.7 Å². The number of hydrogen-bond donors (Lipinski definition) is 1. The van der Waals surface area contributed by atoms with Gasteiger partial charge in [-0.25, -0.2) is 9.69 Å². The number of halogens is 1. The highest BCUT2D eigenvalue weighted by molar-refractivity contribution is 9.10. The van der Waals surface area contributed by atoms with Crippen molar-refractivity contribution in [2.75, 3.05) is 11.7 Å². The molecule has 0 spiro atoms. The van der Waals surface area contributed by atoms with Gasteiger partial charge in [0.25, 0.3) is 11.8 Å². The van der Waals surface area contributed by atoms with Gasteiger partial charge in [-0.1, -0.05) is 22.0 Å². The smallest absolute Gasteiger partial charge is 0.335 e. The Labute approximate surface area is 156 Å². The number of urea groups is 1. The van der Waals surface area contributed by atoms with Crippen molar-refractivity contribution in [2.24, 2.45) is 0 Å². The lowest BCUT2D eigenvalue weighted by atomic mass is 10.1. The third-order valence-corrected chi connectivity index (χ3v) is 4.42. The number of benzene rings is 2. The molecule has 0 aliphatic carbocycles. The Hall–Kier alpha value is -3.13. The van der Waals surface area contributed by atoms with Crippen LogP contribution >= 0.6 is 15.9 Å². The van der Waals surface area contributed by atoms with Gasteiger partial charge in [0.2, 0.25) is 6.79 Å². The minimum atomic E-state index is -0.787. The van der Waals surface area contributed by atoms with E-state index in [4.69, 9.17) is 9.47 Å². The molecule has 130 valence electrons. The van der Waals surface area contributed by atoms with E-state index in [0.717, 1.165) is 9.37 Å². The Balaban J connectivity index is 1.71. The number of rotatable bonds is 2. The first-order valence-electron chi connectivity index (χ1n) is 7.59. The molecule has 2 aliphatic rings. The Kier molecular flexibility index (Phi) is 3.96. The molecule has 0 bridgehead atoms. The van der Waals surface area contributed by atoms with Gasteiger partial charge in [-0.05, 0) is 48.0 Å². The summed E-state index contributed by atoms with van der Waals surface area (Å²) in [4.78, 5) is 38.0. The van der Waals surface area contributed by atoms with Crippen LogP contribution in [0.2, 0.25) is 0 Å². The minimum absolute atomic E-state index is 0.126. The highest BCUT2D eigenvalue weighted by atomic mass is 79.9. The first-order valence-corrected chi connectivity index (χ1v) is 8.39. The molecule has 26 heavy (non-hydrogen) atoms. The fourth-order valence-corrected chi connectivity index (χ4v) is 2.92. The van der Waals surface area contributed by atoms with Crippen LogP contribution < -0.4 is 19.7 Å². The maximum Gasteiger partial charge on any atom is 0.335 e. The van der Waals surface area contributed by atoms with E-state index in [-0.39, 0.29) is 12.4 Å². The molecule has 0 unspecified atom stereocenters. The van der Waals surface area contributed by atoms with Crippen molar-refractivity contribution in [2.45, 2.75) is 0 Å². The Morgan fingerprint density at radius 3 is 2.50 bits per heavy atom. The third-order valence-electron chi connectivity index (χ3n) is 3.89. The van der Waals surface area contributed by atoms with Gasteiger partial charge in [0, 0.05) is 4.47 Å². The van der Waals surface area contributed by atoms with Crippen molar-refractivity contribution in [1.82, 2.24) is 5.32 Å². The van der Waals surface area contributed by atoms with E-state index < -0.39 is 17.8 Å². The molecular formula is C18H11BrN2O5. The lowest BCUT2D eigenvalue weighted by Gasteiger charge is -2.26. The zero-order valence-corrected chi connectivity index (χ0v) is 14.8. The van der Waals surface area contributed by atoms with Crippen LogP contribution in [0.5, 0.6) is 11.5 Å². The Bertz CT molecular complexity index is 968. The zero-order valence-electron chi connectivity index (χ0n) is 13.2. The first kappa shape index (κ1) is 16.3. The average Bonchev–Trinajstić information content (AvgIpc) is 3.08. The van der Waals surface area contributed by atoms with Gasteiger partial charge in [-0.2, -0.15) is 0 Å². The first-order chi connectivity index (χ1) is 12.5. The van der Waals surface area contributed by atoms with E-state index in [2.05, 4.69) is 21.2 Å². The number of nitrogens with one attached hydrogen (secondary N) is 1. The topological polar surface area (TPSA) is 84.9 Å². The fraction of sp³-hybridized carbons (Fsp3) is 0.0556. The predicted molar refractivity (Wildman–Crippen MR) is 95.7 cm³/mol. The van der Waals surface area contributed by atoms with E-state index in [1.807, 2.05) is 0 Å². The predicted octanol–water partition coefficient (Wildman–Crippen LogP) is 2.84. The van der Waals surface area contributed by atoms with Gasteiger partial charge >= 0.3 is 6.03 Å². The molecule has 2 aromatic rings. The van der Waals surface area contributed by atoms with E-state index in [1.165, 1.54) is 6.08 Å². The molecule has 0 radical (unpaired) electrons. The molecule has 2 aliphatic heterocycles. The molecule has 1 saturated heterocycles. The number of imide groups is 2. The average molecular weight is 415 g/mol. The fourth-order valence-electron chi connectivity index (χ4n) is 2.65. The van der Waals surface area contributed by atoms with Crippen LogP contribution in [0.15, 0.2) is 52.5 Å². The molecule has 0 saturated carbocycles. The summed E-state index contributed by atoms with van der Waals surface area (Å²) in [5, 5.41) is 2.19. The van der Waals surface area contributed by atoms with Crippen LogP contribution in [0.4, 0.5) is 10.5 Å². The second-order valence-electron chi connectivity index (χ2n) is 5.55. The van der Waals surface area contributed by atoms with Gasteiger partial charge in [-0.3, -0.25) is 14.9 Å². The maximum atomic E-state index is 12.8. The van der Waals surface area contributed by atoms with Gasteiger partial charge in [-0.15, -0.1) is 0 Å². The third kappa shape index (κ3) is 2.84. The second-order valence-corrected chi connectivity index (χ2v) is 6.46. The molecule has 2 aromatic carbocycles. The number of carbonyl (C=O) groups is 3. The minimum Gasteiger partial charge on any atom is -0.454 e. The summed E-state index contributed by atoms with van der Waals surface area (Å²) < 4.78 is 11.3. The number of fused-ring (bicyclic) bond motifs is 1. The molecule has 2 heterocycles. The zero-order chi connectivity index (χ0) is 18.3. The summed E-state index contributed by atoms with van der Waals surface area (Å²) >= 11 is 3.30. The Morgan fingerprint density at radius 2 is 1.73 bits per heavy atom. The van der Waals surface area contributed by atoms with Crippen LogP contribution in [-0.2, 0) is 9.59 Å². The van der Waals surface area contributed by atoms with Crippen LogP contribution in [0.3, 0.4) is 0 Å². The monoisotopic (exact) mass is 414 g/mol. The van der Waals surface area contributed by atoms with Crippen molar-refractivity contribution in [1.29, 1.82) is 0 Å². The Morgan fingerprint density at radius 1 is 1.00 bits per heavy atom. The largest absolute Gasteiger partial charge is 0.454 e. The van der Waals surface area contributed by atoms with Crippen LogP contribution in [-0.4, -0.2) is 24.6 Å². The summed E-state index contributed by atoms with van der Waals surface area (Å²) in [6, 6.07) is 10.9. The van der Waals surface area contributed by atoms with Crippen LogP contribution in [0.1, 0.15) is 5.56 Å².